The van der Waals surface area contributed by atoms with Gasteiger partial charge in [-0.1, -0.05) is 18.1 Å². The Balaban J connectivity index is 2.50. The summed E-state index contributed by atoms with van der Waals surface area (Å²) in [6.45, 7) is 1.58. The molecule has 0 atom stereocenters. The average Bonchev–Trinajstić information content (AvgIpc) is 2.28. The van der Waals surface area contributed by atoms with Gasteiger partial charge in [0.25, 0.3) is 0 Å². The summed E-state index contributed by atoms with van der Waals surface area (Å²) in [5.74, 6) is 2.22. The summed E-state index contributed by atoms with van der Waals surface area (Å²) in [6.07, 6.45) is 5.23. The zero-order valence-electron chi connectivity index (χ0n) is 9.94. The molecule has 3 N–H and O–H groups in total. The first-order valence-corrected chi connectivity index (χ1v) is 5.35. The third kappa shape index (κ3) is 5.05. The first-order valence-electron chi connectivity index (χ1n) is 5.35. The number of terminal acetylenes is 1. The molecule has 0 saturated heterocycles. The SMILES string of the molecule is C#CCN(C)Cc1ccc(NCC(N)=O)cc1. The van der Waals surface area contributed by atoms with Crippen LogP contribution in [0, 0.1) is 12.3 Å². The van der Waals surface area contributed by atoms with Gasteiger partial charge in [0.05, 0.1) is 13.1 Å². The van der Waals surface area contributed by atoms with Gasteiger partial charge in [-0.05, 0) is 24.7 Å². The summed E-state index contributed by atoms with van der Waals surface area (Å²) in [5, 5.41) is 2.93. The highest BCUT2D eigenvalue weighted by Crippen LogP contribution is 2.10. The molecule has 0 unspecified atom stereocenters. The number of carbonyl (C=O) groups excluding carboxylic acids is 1. The smallest absolute Gasteiger partial charge is 0.236 e. The van der Waals surface area contributed by atoms with E-state index < -0.39 is 0 Å². The van der Waals surface area contributed by atoms with Crippen LogP contribution in [0.25, 0.3) is 0 Å². The molecule has 1 amide bonds. The van der Waals surface area contributed by atoms with E-state index in [1.54, 1.807) is 0 Å². The van der Waals surface area contributed by atoms with Gasteiger partial charge >= 0.3 is 0 Å². The lowest BCUT2D eigenvalue weighted by atomic mass is 10.2. The molecule has 0 radical (unpaired) electrons. The number of rotatable bonds is 6. The van der Waals surface area contributed by atoms with Gasteiger partial charge in [-0.3, -0.25) is 9.69 Å². The lowest BCUT2D eigenvalue weighted by Crippen LogP contribution is -2.21. The maximum Gasteiger partial charge on any atom is 0.236 e. The van der Waals surface area contributed by atoms with Gasteiger partial charge in [-0.25, -0.2) is 0 Å². The van der Waals surface area contributed by atoms with E-state index in [4.69, 9.17) is 12.2 Å². The number of hydrogen-bond acceptors (Lipinski definition) is 3. The quantitative estimate of drug-likeness (QED) is 0.707. The predicted octanol–water partition coefficient (Wildman–Crippen LogP) is 0.649. The van der Waals surface area contributed by atoms with E-state index in [1.165, 1.54) is 5.56 Å². The number of hydrogen-bond donors (Lipinski definition) is 2. The van der Waals surface area contributed by atoms with E-state index in [9.17, 15) is 4.79 Å². The normalized spacial score (nSPS) is 9.94. The van der Waals surface area contributed by atoms with Crippen molar-refractivity contribution >= 4 is 11.6 Å². The Kier molecular flexibility index (Phi) is 5.05. The fraction of sp³-hybridized carbons (Fsp3) is 0.308. The van der Waals surface area contributed by atoms with Crippen LogP contribution in [0.15, 0.2) is 24.3 Å². The number of nitrogens with two attached hydrogens (primary N) is 1. The van der Waals surface area contributed by atoms with E-state index in [2.05, 4.69) is 11.2 Å². The predicted molar refractivity (Wildman–Crippen MR) is 69.3 cm³/mol. The number of nitrogens with zero attached hydrogens (tertiary/aromatic N) is 1. The summed E-state index contributed by atoms with van der Waals surface area (Å²) in [5.41, 5.74) is 7.10. The molecule has 0 spiro atoms. The molecular weight excluding hydrogens is 214 g/mol. The summed E-state index contributed by atoms with van der Waals surface area (Å²) in [4.78, 5) is 12.6. The van der Waals surface area contributed by atoms with Gasteiger partial charge in [0.2, 0.25) is 5.91 Å². The lowest BCUT2D eigenvalue weighted by molar-refractivity contribution is -0.116. The topological polar surface area (TPSA) is 58.4 Å². The number of carbonyl (C=O) groups is 1. The van der Waals surface area contributed by atoms with E-state index in [0.29, 0.717) is 6.54 Å². The Hall–Kier alpha value is -1.99. The van der Waals surface area contributed by atoms with Crippen LogP contribution in [0.5, 0.6) is 0 Å². The second kappa shape index (κ2) is 6.56. The Labute approximate surface area is 102 Å². The van der Waals surface area contributed by atoms with Crippen LogP contribution in [0.2, 0.25) is 0 Å². The van der Waals surface area contributed by atoms with Gasteiger partial charge in [-0.2, -0.15) is 0 Å². The van der Waals surface area contributed by atoms with Crippen molar-refractivity contribution < 1.29 is 4.79 Å². The van der Waals surface area contributed by atoms with Crippen LogP contribution >= 0.6 is 0 Å². The van der Waals surface area contributed by atoms with Crippen molar-refractivity contribution in [2.75, 3.05) is 25.5 Å². The molecule has 0 aromatic heterocycles. The Morgan fingerprint density at radius 3 is 2.65 bits per heavy atom. The molecule has 1 rings (SSSR count). The number of amides is 1. The second-order valence-corrected chi connectivity index (χ2v) is 3.89. The average molecular weight is 231 g/mol. The molecule has 0 aliphatic rings. The maximum atomic E-state index is 10.6. The molecule has 90 valence electrons. The summed E-state index contributed by atoms with van der Waals surface area (Å²) in [6, 6.07) is 7.83. The zero-order chi connectivity index (χ0) is 12.7. The van der Waals surface area contributed by atoms with Crippen LogP contribution in [0.1, 0.15) is 5.56 Å². The van der Waals surface area contributed by atoms with Crippen LogP contribution < -0.4 is 11.1 Å². The molecular formula is C13H17N3O. The monoisotopic (exact) mass is 231 g/mol. The number of benzene rings is 1. The molecule has 4 heteroatoms. The highest BCUT2D eigenvalue weighted by Gasteiger charge is 1.99. The third-order valence-corrected chi connectivity index (χ3v) is 2.23. The van der Waals surface area contributed by atoms with Crippen molar-refractivity contribution in [1.29, 1.82) is 0 Å². The Morgan fingerprint density at radius 1 is 1.47 bits per heavy atom. The first-order chi connectivity index (χ1) is 8.11. The highest BCUT2D eigenvalue weighted by molar-refractivity contribution is 5.78. The molecule has 17 heavy (non-hydrogen) atoms. The van der Waals surface area contributed by atoms with Crippen molar-refractivity contribution in [2.45, 2.75) is 6.54 Å². The summed E-state index contributed by atoms with van der Waals surface area (Å²) in [7, 11) is 1.97. The number of anilines is 1. The zero-order valence-corrected chi connectivity index (χ0v) is 9.94. The van der Waals surface area contributed by atoms with E-state index in [-0.39, 0.29) is 12.5 Å². The van der Waals surface area contributed by atoms with Crippen molar-refractivity contribution in [3.05, 3.63) is 29.8 Å². The Morgan fingerprint density at radius 2 is 2.12 bits per heavy atom. The minimum Gasteiger partial charge on any atom is -0.376 e. The standard InChI is InChI=1S/C13H17N3O/c1-3-8-16(2)10-11-4-6-12(7-5-11)15-9-13(14)17/h1,4-7,15H,8-10H2,2H3,(H2,14,17). The molecule has 0 heterocycles. The van der Waals surface area contributed by atoms with Gasteiger partial charge in [0, 0.05) is 12.2 Å². The van der Waals surface area contributed by atoms with Crippen molar-refractivity contribution in [3.63, 3.8) is 0 Å². The van der Waals surface area contributed by atoms with Crippen molar-refractivity contribution in [1.82, 2.24) is 4.90 Å². The molecule has 1 aromatic rings. The van der Waals surface area contributed by atoms with E-state index in [0.717, 1.165) is 12.2 Å². The van der Waals surface area contributed by atoms with Crippen LogP contribution in [-0.4, -0.2) is 30.9 Å². The molecule has 4 nitrogen and oxygen atoms in total. The Bertz CT molecular complexity index is 406. The van der Waals surface area contributed by atoms with Crippen molar-refractivity contribution in [3.8, 4) is 12.3 Å². The number of nitrogens with one attached hydrogen (secondary N) is 1. The maximum absolute atomic E-state index is 10.6. The van der Waals surface area contributed by atoms with Crippen LogP contribution in [0.4, 0.5) is 5.69 Å². The summed E-state index contributed by atoms with van der Waals surface area (Å²) >= 11 is 0. The van der Waals surface area contributed by atoms with Crippen molar-refractivity contribution in [2.24, 2.45) is 5.73 Å². The molecule has 1 aromatic carbocycles. The molecule has 0 fully saturated rings. The fourth-order valence-electron chi connectivity index (χ4n) is 1.44. The lowest BCUT2D eigenvalue weighted by Gasteiger charge is -2.13. The van der Waals surface area contributed by atoms with Gasteiger partial charge in [0.15, 0.2) is 0 Å². The second-order valence-electron chi connectivity index (χ2n) is 3.89. The number of primary amides is 1. The van der Waals surface area contributed by atoms with Gasteiger partial charge in [0.1, 0.15) is 0 Å². The van der Waals surface area contributed by atoms with Gasteiger partial charge < -0.3 is 11.1 Å². The van der Waals surface area contributed by atoms with Crippen LogP contribution in [0.3, 0.4) is 0 Å². The molecule has 0 aliphatic heterocycles. The minimum atomic E-state index is -0.372. The summed E-state index contributed by atoms with van der Waals surface area (Å²) < 4.78 is 0. The van der Waals surface area contributed by atoms with Gasteiger partial charge in [-0.15, -0.1) is 6.42 Å². The van der Waals surface area contributed by atoms with E-state index in [1.807, 2.05) is 36.2 Å². The largest absolute Gasteiger partial charge is 0.376 e. The minimum absolute atomic E-state index is 0.149. The molecule has 0 bridgehead atoms. The molecule has 0 saturated carbocycles. The fourth-order valence-corrected chi connectivity index (χ4v) is 1.44. The van der Waals surface area contributed by atoms with Crippen LogP contribution in [-0.2, 0) is 11.3 Å². The first kappa shape index (κ1) is 13.1. The van der Waals surface area contributed by atoms with E-state index >= 15 is 0 Å². The highest BCUT2D eigenvalue weighted by atomic mass is 16.1. The molecule has 0 aliphatic carbocycles. The third-order valence-electron chi connectivity index (χ3n) is 2.23.